The van der Waals surface area contributed by atoms with Gasteiger partial charge in [-0.25, -0.2) is 0 Å². The van der Waals surface area contributed by atoms with E-state index < -0.39 is 0 Å². The molecule has 2 heterocycles. The summed E-state index contributed by atoms with van der Waals surface area (Å²) in [7, 11) is 0. The molecule has 1 aromatic heterocycles. The van der Waals surface area contributed by atoms with Crippen LogP contribution >= 0.6 is 0 Å². The maximum atomic E-state index is 13.5. The quantitative estimate of drug-likeness (QED) is 0.647. The van der Waals surface area contributed by atoms with Crippen molar-refractivity contribution in [2.45, 2.75) is 19.4 Å². The molecule has 0 spiro atoms. The van der Waals surface area contributed by atoms with Crippen LogP contribution in [0.2, 0.25) is 0 Å². The van der Waals surface area contributed by atoms with E-state index in [-0.39, 0.29) is 11.9 Å². The SMILES string of the molecule is C[C@@H]1Cc2ccccc2N1C(=O)/C(=C/c1ccco1)c1ccccc1. The highest BCUT2D eigenvalue weighted by atomic mass is 16.3. The zero-order valence-corrected chi connectivity index (χ0v) is 14.1. The number of nitrogens with zero attached hydrogens (tertiary/aromatic N) is 1. The zero-order valence-electron chi connectivity index (χ0n) is 14.1. The summed E-state index contributed by atoms with van der Waals surface area (Å²) < 4.78 is 5.45. The number of hydrogen-bond donors (Lipinski definition) is 0. The first-order valence-corrected chi connectivity index (χ1v) is 8.46. The number of rotatable bonds is 3. The lowest BCUT2D eigenvalue weighted by atomic mass is 10.0. The first-order chi connectivity index (χ1) is 12.2. The van der Waals surface area contributed by atoms with E-state index in [4.69, 9.17) is 4.42 Å². The number of fused-ring (bicyclic) bond motifs is 1. The van der Waals surface area contributed by atoms with E-state index in [2.05, 4.69) is 13.0 Å². The molecule has 2 aromatic carbocycles. The molecule has 0 bridgehead atoms. The molecule has 1 aliphatic rings. The first kappa shape index (κ1) is 15.5. The average molecular weight is 329 g/mol. The Morgan fingerprint density at radius 2 is 1.80 bits per heavy atom. The molecule has 3 nitrogen and oxygen atoms in total. The molecule has 1 aliphatic heterocycles. The number of amides is 1. The molecule has 4 rings (SSSR count). The van der Waals surface area contributed by atoms with Gasteiger partial charge in [0.1, 0.15) is 5.76 Å². The molecule has 0 saturated heterocycles. The molecule has 1 amide bonds. The topological polar surface area (TPSA) is 33.5 Å². The van der Waals surface area contributed by atoms with Gasteiger partial charge in [0.05, 0.1) is 11.8 Å². The summed E-state index contributed by atoms with van der Waals surface area (Å²) in [6.45, 7) is 2.09. The van der Waals surface area contributed by atoms with Crippen LogP contribution in [0.15, 0.2) is 77.4 Å². The van der Waals surface area contributed by atoms with E-state index >= 15 is 0 Å². The Morgan fingerprint density at radius 1 is 1.04 bits per heavy atom. The number of furan rings is 1. The minimum atomic E-state index is 0.0000463. The van der Waals surface area contributed by atoms with Gasteiger partial charge in [-0.1, -0.05) is 48.5 Å². The number of carbonyl (C=O) groups is 1. The van der Waals surface area contributed by atoms with Gasteiger partial charge in [0.25, 0.3) is 5.91 Å². The third-order valence-corrected chi connectivity index (χ3v) is 4.57. The van der Waals surface area contributed by atoms with Gasteiger partial charge in [-0.05, 0) is 48.7 Å². The highest BCUT2D eigenvalue weighted by Gasteiger charge is 2.32. The van der Waals surface area contributed by atoms with Crippen LogP contribution in [0, 0.1) is 0 Å². The molecule has 1 atom stereocenters. The summed E-state index contributed by atoms with van der Waals surface area (Å²) in [6.07, 6.45) is 4.32. The number of hydrogen-bond acceptors (Lipinski definition) is 2. The summed E-state index contributed by atoms with van der Waals surface area (Å²) in [4.78, 5) is 15.4. The Hall–Kier alpha value is -3.07. The fourth-order valence-electron chi connectivity index (χ4n) is 3.41. The Labute approximate surface area is 147 Å². The molecule has 25 heavy (non-hydrogen) atoms. The largest absolute Gasteiger partial charge is 0.465 e. The van der Waals surface area contributed by atoms with E-state index in [9.17, 15) is 4.79 Å². The van der Waals surface area contributed by atoms with Gasteiger partial charge in [-0.3, -0.25) is 4.79 Å². The third-order valence-electron chi connectivity index (χ3n) is 4.57. The number of para-hydroxylation sites is 1. The number of carbonyl (C=O) groups excluding carboxylic acids is 1. The van der Waals surface area contributed by atoms with Crippen molar-refractivity contribution in [1.29, 1.82) is 0 Å². The summed E-state index contributed by atoms with van der Waals surface area (Å²) >= 11 is 0. The molecule has 0 saturated carbocycles. The second-order valence-electron chi connectivity index (χ2n) is 6.30. The van der Waals surface area contributed by atoms with Crippen molar-refractivity contribution in [2.75, 3.05) is 4.90 Å². The predicted octanol–water partition coefficient (Wildman–Crippen LogP) is 4.80. The molecule has 0 fully saturated rings. The van der Waals surface area contributed by atoms with Crippen LogP contribution < -0.4 is 4.90 Å². The van der Waals surface area contributed by atoms with Gasteiger partial charge in [0, 0.05) is 11.7 Å². The summed E-state index contributed by atoms with van der Waals surface area (Å²) in [5, 5.41) is 0. The van der Waals surface area contributed by atoms with Gasteiger partial charge in [-0.2, -0.15) is 0 Å². The van der Waals surface area contributed by atoms with Crippen molar-refractivity contribution in [2.24, 2.45) is 0 Å². The van der Waals surface area contributed by atoms with Gasteiger partial charge < -0.3 is 9.32 Å². The Balaban J connectivity index is 1.79. The second-order valence-corrected chi connectivity index (χ2v) is 6.30. The van der Waals surface area contributed by atoms with E-state index in [1.165, 1.54) is 5.56 Å². The number of benzene rings is 2. The van der Waals surface area contributed by atoms with Gasteiger partial charge >= 0.3 is 0 Å². The van der Waals surface area contributed by atoms with E-state index in [0.717, 1.165) is 17.7 Å². The van der Waals surface area contributed by atoms with Crippen LogP contribution in [0.5, 0.6) is 0 Å². The van der Waals surface area contributed by atoms with Crippen molar-refractivity contribution in [3.8, 4) is 0 Å². The molecule has 0 aliphatic carbocycles. The monoisotopic (exact) mass is 329 g/mol. The van der Waals surface area contributed by atoms with Gasteiger partial charge in [0.15, 0.2) is 0 Å². The van der Waals surface area contributed by atoms with E-state index in [1.54, 1.807) is 6.26 Å². The molecule has 124 valence electrons. The smallest absolute Gasteiger partial charge is 0.259 e. The van der Waals surface area contributed by atoms with Crippen LogP contribution in [0.4, 0.5) is 5.69 Å². The van der Waals surface area contributed by atoms with Gasteiger partial charge in [0.2, 0.25) is 0 Å². The van der Waals surface area contributed by atoms with Crippen LogP contribution in [-0.2, 0) is 11.2 Å². The highest BCUT2D eigenvalue weighted by molar-refractivity contribution is 6.30. The minimum absolute atomic E-state index is 0.0000463. The Morgan fingerprint density at radius 3 is 2.56 bits per heavy atom. The minimum Gasteiger partial charge on any atom is -0.465 e. The van der Waals surface area contributed by atoms with Crippen molar-refractivity contribution >= 4 is 23.2 Å². The van der Waals surface area contributed by atoms with Crippen LogP contribution in [0.3, 0.4) is 0 Å². The van der Waals surface area contributed by atoms with Crippen molar-refractivity contribution < 1.29 is 9.21 Å². The predicted molar refractivity (Wildman–Crippen MR) is 100 cm³/mol. The fourth-order valence-corrected chi connectivity index (χ4v) is 3.41. The lowest BCUT2D eigenvalue weighted by Crippen LogP contribution is -2.36. The average Bonchev–Trinajstić information content (AvgIpc) is 3.26. The lowest BCUT2D eigenvalue weighted by molar-refractivity contribution is -0.113. The molecular formula is C22H19NO2. The molecule has 3 heteroatoms. The van der Waals surface area contributed by atoms with Crippen molar-refractivity contribution in [3.05, 3.63) is 89.9 Å². The third kappa shape index (κ3) is 2.89. The second kappa shape index (κ2) is 6.44. The normalized spacial score (nSPS) is 16.8. The van der Waals surface area contributed by atoms with Gasteiger partial charge in [-0.15, -0.1) is 0 Å². The Bertz CT molecular complexity index is 910. The highest BCUT2D eigenvalue weighted by Crippen LogP contribution is 2.35. The molecular weight excluding hydrogens is 310 g/mol. The molecule has 0 N–H and O–H groups in total. The maximum Gasteiger partial charge on any atom is 0.259 e. The fraction of sp³-hybridized carbons (Fsp3) is 0.136. The molecule has 0 unspecified atom stereocenters. The summed E-state index contributed by atoms with van der Waals surface area (Å²) in [5.41, 5.74) is 3.75. The van der Waals surface area contributed by atoms with E-state index in [1.807, 2.05) is 71.6 Å². The zero-order chi connectivity index (χ0) is 17.2. The number of anilines is 1. The van der Waals surface area contributed by atoms with E-state index in [0.29, 0.717) is 11.3 Å². The summed E-state index contributed by atoms with van der Waals surface area (Å²) in [5.74, 6) is 0.674. The molecule has 3 aromatic rings. The van der Waals surface area contributed by atoms with Crippen molar-refractivity contribution in [1.82, 2.24) is 0 Å². The van der Waals surface area contributed by atoms with Crippen LogP contribution in [0.25, 0.3) is 11.6 Å². The van der Waals surface area contributed by atoms with Crippen molar-refractivity contribution in [3.63, 3.8) is 0 Å². The lowest BCUT2D eigenvalue weighted by Gasteiger charge is -2.24. The summed E-state index contributed by atoms with van der Waals surface area (Å²) in [6, 6.07) is 21.7. The first-order valence-electron chi connectivity index (χ1n) is 8.46. The standard InChI is InChI=1S/C22H19NO2/c1-16-14-18-10-5-6-12-21(18)23(16)22(24)20(15-19-11-7-13-25-19)17-8-3-2-4-9-17/h2-13,15-16H,14H2,1H3/b20-15+/t16-/m1/s1. The molecule has 0 radical (unpaired) electrons. The van der Waals surface area contributed by atoms with Crippen LogP contribution in [0.1, 0.15) is 23.8 Å². The maximum absolute atomic E-state index is 13.5. The Kier molecular flexibility index (Phi) is 3.98. The van der Waals surface area contributed by atoms with Crippen LogP contribution in [-0.4, -0.2) is 11.9 Å².